The van der Waals surface area contributed by atoms with Gasteiger partial charge in [-0.3, -0.25) is 14.3 Å². The number of pyridine rings is 1. The number of anilines is 1. The number of aryl methyl sites for hydroxylation is 1. The molecule has 3 aromatic rings. The van der Waals surface area contributed by atoms with Crippen LogP contribution in [0.15, 0.2) is 42.7 Å². The first-order chi connectivity index (χ1) is 17.4. The third-order valence-electron chi connectivity index (χ3n) is 6.63. The van der Waals surface area contributed by atoms with Crippen LogP contribution < -0.4 is 15.4 Å². The highest BCUT2D eigenvalue weighted by Gasteiger charge is 2.40. The molecule has 2 heterocycles. The van der Waals surface area contributed by atoms with Crippen LogP contribution in [0, 0.1) is 23.9 Å². The minimum Gasteiger partial charge on any atom is -0.618 e. The second kappa shape index (κ2) is 10.4. The maximum absolute atomic E-state index is 15.0. The monoisotopic (exact) mass is 535 g/mol. The van der Waals surface area contributed by atoms with E-state index in [0.717, 1.165) is 12.3 Å². The molecular formula is C25H25ClF3N5O3. The van der Waals surface area contributed by atoms with Crippen LogP contribution in [-0.2, 0) is 11.8 Å². The second-order valence-corrected chi connectivity index (χ2v) is 9.59. The highest BCUT2D eigenvalue weighted by atomic mass is 35.5. The van der Waals surface area contributed by atoms with Crippen LogP contribution in [-0.4, -0.2) is 33.6 Å². The molecule has 37 heavy (non-hydrogen) atoms. The Morgan fingerprint density at radius 1 is 1.22 bits per heavy atom. The number of benzene rings is 1. The van der Waals surface area contributed by atoms with Crippen molar-refractivity contribution >= 4 is 29.1 Å². The zero-order valence-corrected chi connectivity index (χ0v) is 20.9. The topological polar surface area (TPSA) is 103 Å². The number of nitrogens with one attached hydrogen (secondary N) is 2. The van der Waals surface area contributed by atoms with Gasteiger partial charge in [-0.25, -0.2) is 13.2 Å². The summed E-state index contributed by atoms with van der Waals surface area (Å²) in [7, 11) is 1.56. The molecule has 1 fully saturated rings. The van der Waals surface area contributed by atoms with Gasteiger partial charge in [-0.1, -0.05) is 11.6 Å². The van der Waals surface area contributed by atoms with E-state index in [-0.39, 0.29) is 40.5 Å². The average Bonchev–Trinajstić information content (AvgIpc) is 3.26. The zero-order chi connectivity index (χ0) is 26.9. The molecule has 1 aromatic carbocycles. The van der Waals surface area contributed by atoms with E-state index in [2.05, 4.69) is 15.7 Å². The van der Waals surface area contributed by atoms with Gasteiger partial charge in [0.05, 0.1) is 5.56 Å². The average molecular weight is 536 g/mol. The highest BCUT2D eigenvalue weighted by Crippen LogP contribution is 2.38. The minimum atomic E-state index is -2.82. The van der Waals surface area contributed by atoms with E-state index in [9.17, 15) is 23.6 Å². The molecule has 8 nitrogen and oxygen atoms in total. The Balaban J connectivity index is 1.57. The predicted molar refractivity (Wildman–Crippen MR) is 131 cm³/mol. The lowest BCUT2D eigenvalue weighted by atomic mass is 9.81. The maximum atomic E-state index is 15.0. The molecular weight excluding hydrogens is 511 g/mol. The largest absolute Gasteiger partial charge is 0.618 e. The van der Waals surface area contributed by atoms with Gasteiger partial charge in [-0.15, -0.1) is 0 Å². The highest BCUT2D eigenvalue weighted by molar-refractivity contribution is 6.30. The lowest BCUT2D eigenvalue weighted by Crippen LogP contribution is -2.50. The number of alkyl halides is 2. The number of rotatable bonds is 6. The smallest absolute Gasteiger partial charge is 0.270 e. The summed E-state index contributed by atoms with van der Waals surface area (Å²) in [5.74, 6) is -5.31. The van der Waals surface area contributed by atoms with Crippen molar-refractivity contribution < 1.29 is 27.5 Å². The maximum Gasteiger partial charge on any atom is 0.270 e. The van der Waals surface area contributed by atoms with Gasteiger partial charge in [0, 0.05) is 44.3 Å². The van der Waals surface area contributed by atoms with E-state index in [1.165, 1.54) is 42.1 Å². The Bertz CT molecular complexity index is 1340. The standard InChI is InChI=1S/C25H25ClF3N5O3/c1-14-19(11-16(26)13-34(14)37)18-4-3-17(12-20(18)27)31-24(36)22(15-5-8-25(28,29)9-6-15)32-23(35)21-7-10-30-33(21)2/h3-4,7,10-13,15,22H,5-6,8-9H2,1-2H3,(H,31,36)(H,32,35)/t22-/m0/s1. The first-order valence-electron chi connectivity index (χ1n) is 11.6. The van der Waals surface area contributed by atoms with Gasteiger partial charge in [0.1, 0.15) is 22.6 Å². The Kier molecular flexibility index (Phi) is 7.44. The Hall–Kier alpha value is -3.60. The molecule has 1 aliphatic carbocycles. The fraction of sp³-hybridized carbons (Fsp3) is 0.360. The van der Waals surface area contributed by atoms with Crippen LogP contribution in [0.25, 0.3) is 11.1 Å². The summed E-state index contributed by atoms with van der Waals surface area (Å²) in [6, 6.07) is 5.73. The van der Waals surface area contributed by atoms with E-state index in [4.69, 9.17) is 11.6 Å². The Morgan fingerprint density at radius 3 is 2.54 bits per heavy atom. The lowest BCUT2D eigenvalue weighted by Gasteiger charge is -2.33. The molecule has 1 atom stereocenters. The lowest BCUT2D eigenvalue weighted by molar-refractivity contribution is -0.611. The molecule has 196 valence electrons. The van der Waals surface area contributed by atoms with Gasteiger partial charge < -0.3 is 15.8 Å². The van der Waals surface area contributed by atoms with Crippen LogP contribution >= 0.6 is 11.6 Å². The zero-order valence-electron chi connectivity index (χ0n) is 20.1. The van der Waals surface area contributed by atoms with Gasteiger partial charge in [0.25, 0.3) is 5.91 Å². The normalized spacial score (nSPS) is 16.3. The van der Waals surface area contributed by atoms with Gasteiger partial charge in [0.15, 0.2) is 11.9 Å². The SMILES string of the molecule is Cc1c(-c2ccc(NC(=O)[C@@H](NC(=O)c3ccnn3C)C3CCC(F)(F)CC3)cc2F)cc(Cl)c[n+]1[O-]. The van der Waals surface area contributed by atoms with Crippen LogP contribution in [0.1, 0.15) is 41.9 Å². The summed E-state index contributed by atoms with van der Waals surface area (Å²) in [5.41, 5.74) is 0.941. The van der Waals surface area contributed by atoms with Crippen molar-refractivity contribution in [2.24, 2.45) is 13.0 Å². The fourth-order valence-corrected chi connectivity index (χ4v) is 4.71. The van der Waals surface area contributed by atoms with Crippen molar-refractivity contribution in [2.45, 2.75) is 44.6 Å². The molecule has 0 aliphatic heterocycles. The molecule has 1 aliphatic rings. The predicted octanol–water partition coefficient (Wildman–Crippen LogP) is 4.38. The van der Waals surface area contributed by atoms with Crippen molar-refractivity contribution in [3.8, 4) is 11.1 Å². The molecule has 2 amide bonds. The summed E-state index contributed by atoms with van der Waals surface area (Å²) in [5, 5.41) is 21.3. The second-order valence-electron chi connectivity index (χ2n) is 9.15. The molecule has 4 rings (SSSR count). The number of carbonyl (C=O) groups excluding carboxylic acids is 2. The first kappa shape index (κ1) is 26.5. The number of halogens is 4. The van der Waals surface area contributed by atoms with Crippen LogP contribution in [0.3, 0.4) is 0 Å². The molecule has 2 N–H and O–H groups in total. The molecule has 0 radical (unpaired) electrons. The number of amides is 2. The van der Waals surface area contributed by atoms with E-state index in [1.54, 1.807) is 7.05 Å². The van der Waals surface area contributed by atoms with Gasteiger partial charge in [0.2, 0.25) is 11.8 Å². The summed E-state index contributed by atoms with van der Waals surface area (Å²) in [4.78, 5) is 26.1. The summed E-state index contributed by atoms with van der Waals surface area (Å²) in [6.45, 7) is 1.52. The number of hydrogen-bond donors (Lipinski definition) is 2. The molecule has 12 heteroatoms. The number of carbonyl (C=O) groups is 2. The van der Waals surface area contributed by atoms with Crippen LogP contribution in [0.4, 0.5) is 18.9 Å². The third kappa shape index (κ3) is 5.87. The van der Waals surface area contributed by atoms with Gasteiger partial charge in [-0.2, -0.15) is 9.83 Å². The molecule has 0 saturated heterocycles. The molecule has 0 spiro atoms. The fourth-order valence-electron chi connectivity index (χ4n) is 4.52. The summed E-state index contributed by atoms with van der Waals surface area (Å²) >= 11 is 5.95. The van der Waals surface area contributed by atoms with Gasteiger partial charge in [-0.05, 0) is 49.1 Å². The molecule has 0 unspecified atom stereocenters. The van der Waals surface area contributed by atoms with E-state index in [1.807, 2.05) is 0 Å². The van der Waals surface area contributed by atoms with Crippen molar-refractivity contribution in [1.29, 1.82) is 0 Å². The molecule has 0 bridgehead atoms. The van der Waals surface area contributed by atoms with E-state index >= 15 is 4.39 Å². The van der Waals surface area contributed by atoms with E-state index < -0.39 is 48.4 Å². The number of nitrogens with zero attached hydrogens (tertiary/aromatic N) is 3. The van der Waals surface area contributed by atoms with Crippen molar-refractivity contribution in [3.05, 3.63) is 70.2 Å². The van der Waals surface area contributed by atoms with E-state index in [0.29, 0.717) is 10.3 Å². The Morgan fingerprint density at radius 2 is 1.92 bits per heavy atom. The summed E-state index contributed by atoms with van der Waals surface area (Å²) < 4.78 is 44.4. The van der Waals surface area contributed by atoms with Gasteiger partial charge >= 0.3 is 0 Å². The van der Waals surface area contributed by atoms with Crippen molar-refractivity contribution in [2.75, 3.05) is 5.32 Å². The van der Waals surface area contributed by atoms with Crippen molar-refractivity contribution in [3.63, 3.8) is 0 Å². The quantitative estimate of drug-likeness (QED) is 0.361. The van der Waals surface area contributed by atoms with Crippen molar-refractivity contribution in [1.82, 2.24) is 15.1 Å². The number of hydrogen-bond acceptors (Lipinski definition) is 4. The minimum absolute atomic E-state index is 0.0350. The van der Waals surface area contributed by atoms with Crippen LogP contribution in [0.5, 0.6) is 0 Å². The number of aromatic nitrogens is 3. The molecule has 2 aromatic heterocycles. The van der Waals surface area contributed by atoms with Crippen LogP contribution in [0.2, 0.25) is 5.02 Å². The molecule has 1 saturated carbocycles. The summed E-state index contributed by atoms with van der Waals surface area (Å²) in [6.07, 6.45) is 1.86. The first-order valence-corrected chi connectivity index (χ1v) is 12.0. The third-order valence-corrected chi connectivity index (χ3v) is 6.83. The Labute approximate surface area is 216 Å².